The maximum atomic E-state index is 12.1. The van der Waals surface area contributed by atoms with Crippen LogP contribution in [0.5, 0.6) is 0 Å². The molecule has 2 aromatic heterocycles. The summed E-state index contributed by atoms with van der Waals surface area (Å²) in [7, 11) is 0. The Morgan fingerprint density at radius 3 is 2.64 bits per heavy atom. The zero-order chi connectivity index (χ0) is 15.5. The normalized spacial score (nSPS) is 10.4. The van der Waals surface area contributed by atoms with E-state index < -0.39 is 5.91 Å². The second-order valence-corrected chi connectivity index (χ2v) is 5.58. The molecule has 0 spiro atoms. The summed E-state index contributed by atoms with van der Waals surface area (Å²) >= 11 is 7.17. The van der Waals surface area contributed by atoms with Crippen LogP contribution in [0.25, 0.3) is 11.3 Å². The highest BCUT2D eigenvalue weighted by atomic mass is 35.5. The summed E-state index contributed by atoms with van der Waals surface area (Å²) in [5.74, 6) is -0.364. The summed E-state index contributed by atoms with van der Waals surface area (Å²) in [5.41, 5.74) is 7.37. The molecule has 0 aliphatic heterocycles. The van der Waals surface area contributed by atoms with Crippen LogP contribution < -0.4 is 11.1 Å². The van der Waals surface area contributed by atoms with Crippen LogP contribution in [-0.2, 0) is 0 Å². The van der Waals surface area contributed by atoms with Gasteiger partial charge in [-0.05, 0) is 12.1 Å². The third-order valence-corrected chi connectivity index (χ3v) is 3.82. The van der Waals surface area contributed by atoms with Crippen molar-refractivity contribution in [1.82, 2.24) is 15.0 Å². The fraction of sp³-hybridized carbons (Fsp3) is 0. The van der Waals surface area contributed by atoms with Gasteiger partial charge in [-0.3, -0.25) is 10.1 Å². The summed E-state index contributed by atoms with van der Waals surface area (Å²) < 4.78 is 0. The van der Waals surface area contributed by atoms with Gasteiger partial charge in [0, 0.05) is 28.4 Å². The first-order valence-corrected chi connectivity index (χ1v) is 7.48. The van der Waals surface area contributed by atoms with Crippen molar-refractivity contribution in [3.05, 3.63) is 52.8 Å². The van der Waals surface area contributed by atoms with Crippen molar-refractivity contribution in [3.63, 3.8) is 0 Å². The van der Waals surface area contributed by atoms with E-state index in [0.29, 0.717) is 10.2 Å². The maximum Gasteiger partial charge on any atom is 0.279 e. The lowest BCUT2D eigenvalue weighted by atomic mass is 10.2. The highest BCUT2D eigenvalue weighted by Gasteiger charge is 2.14. The van der Waals surface area contributed by atoms with Gasteiger partial charge in [0.2, 0.25) is 0 Å². The van der Waals surface area contributed by atoms with Gasteiger partial charge in [-0.2, -0.15) is 0 Å². The number of hydrogen-bond acceptors (Lipinski definition) is 6. The van der Waals surface area contributed by atoms with E-state index in [-0.39, 0.29) is 11.5 Å². The Labute approximate surface area is 135 Å². The van der Waals surface area contributed by atoms with Crippen LogP contribution >= 0.6 is 22.9 Å². The molecule has 0 aliphatic carbocycles. The molecule has 1 aromatic carbocycles. The van der Waals surface area contributed by atoms with Crippen LogP contribution in [0.2, 0.25) is 5.02 Å². The highest BCUT2D eigenvalue weighted by Crippen LogP contribution is 2.26. The molecule has 3 aromatic rings. The molecule has 1 amide bonds. The van der Waals surface area contributed by atoms with E-state index in [2.05, 4.69) is 20.3 Å². The summed E-state index contributed by atoms with van der Waals surface area (Å²) in [6.45, 7) is 0. The van der Waals surface area contributed by atoms with E-state index in [0.717, 1.165) is 11.3 Å². The Bertz CT molecular complexity index is 818. The van der Waals surface area contributed by atoms with Crippen molar-refractivity contribution in [2.75, 3.05) is 11.1 Å². The number of anilines is 2. The molecule has 8 heteroatoms. The lowest BCUT2D eigenvalue weighted by molar-refractivity contribution is 0.102. The molecule has 0 radical (unpaired) electrons. The van der Waals surface area contributed by atoms with Crippen molar-refractivity contribution < 1.29 is 4.79 Å². The number of halogens is 1. The van der Waals surface area contributed by atoms with Crippen LogP contribution in [0.1, 0.15) is 10.5 Å². The summed E-state index contributed by atoms with van der Waals surface area (Å²) in [5, 5.41) is 5.62. The zero-order valence-electron chi connectivity index (χ0n) is 11.2. The number of rotatable bonds is 3. The van der Waals surface area contributed by atoms with Gasteiger partial charge >= 0.3 is 0 Å². The molecule has 0 aliphatic rings. The van der Waals surface area contributed by atoms with Crippen LogP contribution in [0.4, 0.5) is 10.9 Å². The van der Waals surface area contributed by atoms with E-state index in [1.165, 1.54) is 23.7 Å². The number of hydrogen-bond donors (Lipinski definition) is 2. The molecule has 0 saturated heterocycles. The molecule has 0 bridgehead atoms. The average molecular weight is 332 g/mol. The number of carbonyl (C=O) groups excluding carboxylic acids is 1. The molecule has 3 N–H and O–H groups in total. The highest BCUT2D eigenvalue weighted by molar-refractivity contribution is 7.14. The molecule has 0 saturated carbocycles. The quantitative estimate of drug-likeness (QED) is 0.769. The van der Waals surface area contributed by atoms with E-state index in [9.17, 15) is 4.79 Å². The molecule has 0 fully saturated rings. The predicted molar refractivity (Wildman–Crippen MR) is 87.0 cm³/mol. The second kappa shape index (κ2) is 6.08. The largest absolute Gasteiger partial charge is 0.382 e. The number of nitrogens with two attached hydrogens (primary N) is 1. The average Bonchev–Trinajstić information content (AvgIpc) is 2.97. The molecule has 110 valence electrons. The van der Waals surface area contributed by atoms with Crippen molar-refractivity contribution in [1.29, 1.82) is 0 Å². The number of amides is 1. The number of aromatic nitrogens is 3. The molecular weight excluding hydrogens is 322 g/mol. The molecule has 0 atom stereocenters. The lowest BCUT2D eigenvalue weighted by Crippen LogP contribution is -2.16. The summed E-state index contributed by atoms with van der Waals surface area (Å²) in [6.07, 6.45) is 2.83. The standard InChI is InChI=1S/C14H10ClN5OS/c15-9-3-1-8(2-4-9)10-7-22-14(19-10)20-13(21)11-12(16)18-6-5-17-11/h1-7H,(H2,16,18)(H,19,20,21). The van der Waals surface area contributed by atoms with Crippen LogP contribution in [-0.4, -0.2) is 20.9 Å². The predicted octanol–water partition coefficient (Wildman–Crippen LogP) is 3.09. The minimum atomic E-state index is -0.442. The van der Waals surface area contributed by atoms with Crippen LogP contribution in [0.3, 0.4) is 0 Å². The third-order valence-electron chi connectivity index (χ3n) is 2.81. The van der Waals surface area contributed by atoms with Crippen molar-refractivity contribution in [3.8, 4) is 11.3 Å². The van der Waals surface area contributed by atoms with Gasteiger partial charge in [0.25, 0.3) is 5.91 Å². The Balaban J connectivity index is 1.78. The topological polar surface area (TPSA) is 93.8 Å². The first-order chi connectivity index (χ1) is 10.6. The van der Waals surface area contributed by atoms with Crippen molar-refractivity contribution in [2.45, 2.75) is 0 Å². The number of nitrogen functional groups attached to an aromatic ring is 1. The van der Waals surface area contributed by atoms with Gasteiger partial charge < -0.3 is 5.73 Å². The van der Waals surface area contributed by atoms with Crippen molar-refractivity contribution >= 4 is 39.8 Å². The van der Waals surface area contributed by atoms with E-state index in [4.69, 9.17) is 17.3 Å². The van der Waals surface area contributed by atoms with E-state index in [1.54, 1.807) is 12.1 Å². The summed E-state index contributed by atoms with van der Waals surface area (Å²) in [4.78, 5) is 24.2. The number of benzene rings is 1. The summed E-state index contributed by atoms with van der Waals surface area (Å²) in [6, 6.07) is 7.30. The van der Waals surface area contributed by atoms with Gasteiger partial charge in [-0.15, -0.1) is 11.3 Å². The third kappa shape index (κ3) is 3.05. The number of nitrogens with zero attached hydrogens (tertiary/aromatic N) is 3. The lowest BCUT2D eigenvalue weighted by Gasteiger charge is -2.02. The maximum absolute atomic E-state index is 12.1. The number of thiazole rings is 1. The van der Waals surface area contributed by atoms with Gasteiger partial charge in [0.1, 0.15) is 0 Å². The Hall–Kier alpha value is -2.51. The van der Waals surface area contributed by atoms with E-state index >= 15 is 0 Å². The fourth-order valence-electron chi connectivity index (χ4n) is 1.76. The van der Waals surface area contributed by atoms with Gasteiger partial charge in [-0.1, -0.05) is 23.7 Å². The number of carbonyl (C=O) groups is 1. The fourth-order valence-corrected chi connectivity index (χ4v) is 2.61. The molecule has 6 nitrogen and oxygen atoms in total. The van der Waals surface area contributed by atoms with E-state index in [1.807, 2.05) is 17.5 Å². The second-order valence-electron chi connectivity index (χ2n) is 4.29. The zero-order valence-corrected chi connectivity index (χ0v) is 12.7. The van der Waals surface area contributed by atoms with Gasteiger partial charge in [0.05, 0.1) is 5.69 Å². The first-order valence-electron chi connectivity index (χ1n) is 6.23. The number of nitrogens with one attached hydrogen (secondary N) is 1. The Kier molecular flexibility index (Phi) is 3.99. The Morgan fingerprint density at radius 2 is 1.91 bits per heavy atom. The molecule has 2 heterocycles. The minimum Gasteiger partial charge on any atom is -0.382 e. The minimum absolute atomic E-state index is 0.0748. The van der Waals surface area contributed by atoms with Gasteiger partial charge in [-0.25, -0.2) is 15.0 Å². The van der Waals surface area contributed by atoms with Crippen molar-refractivity contribution in [2.24, 2.45) is 0 Å². The molecule has 22 heavy (non-hydrogen) atoms. The van der Waals surface area contributed by atoms with Crippen LogP contribution in [0, 0.1) is 0 Å². The van der Waals surface area contributed by atoms with Gasteiger partial charge in [0.15, 0.2) is 16.6 Å². The Morgan fingerprint density at radius 1 is 1.18 bits per heavy atom. The monoisotopic (exact) mass is 331 g/mol. The molecular formula is C14H10ClN5OS. The molecule has 0 unspecified atom stereocenters. The van der Waals surface area contributed by atoms with Crippen LogP contribution in [0.15, 0.2) is 42.0 Å². The smallest absolute Gasteiger partial charge is 0.279 e. The SMILES string of the molecule is Nc1nccnc1C(=O)Nc1nc(-c2ccc(Cl)cc2)cs1. The molecule has 3 rings (SSSR count). The first kappa shape index (κ1) is 14.4.